The molecule has 0 spiro atoms. The third-order valence-corrected chi connectivity index (χ3v) is 4.43. The predicted octanol–water partition coefficient (Wildman–Crippen LogP) is 4.35. The lowest BCUT2D eigenvalue weighted by molar-refractivity contribution is 1.19. The van der Waals surface area contributed by atoms with Gasteiger partial charge in [0.15, 0.2) is 0 Å². The maximum Gasteiger partial charge on any atom is 0.0487 e. The van der Waals surface area contributed by atoms with Crippen molar-refractivity contribution in [3.05, 3.63) is 41.0 Å². The number of benzene rings is 1. The van der Waals surface area contributed by atoms with E-state index in [9.17, 15) is 0 Å². The van der Waals surface area contributed by atoms with Gasteiger partial charge in [0, 0.05) is 8.07 Å². The molecule has 0 radical (unpaired) electrons. The molecule has 0 saturated heterocycles. The molecule has 0 amide bonds. The van der Waals surface area contributed by atoms with Crippen molar-refractivity contribution < 1.29 is 0 Å². The van der Waals surface area contributed by atoms with E-state index >= 15 is 0 Å². The maximum absolute atomic E-state index is 2.45. The Labute approximate surface area is 94.0 Å². The zero-order chi connectivity index (χ0) is 11.1. The van der Waals surface area contributed by atoms with Gasteiger partial charge in [-0.25, -0.2) is 0 Å². The summed E-state index contributed by atoms with van der Waals surface area (Å²) in [6.07, 6.45) is 1.18. The Morgan fingerprint density at radius 2 is 1.80 bits per heavy atom. The van der Waals surface area contributed by atoms with Crippen LogP contribution in [0.25, 0.3) is 5.57 Å². The Hall–Kier alpha value is -0.823. The summed E-state index contributed by atoms with van der Waals surface area (Å²) in [4.78, 5) is 0. The molecular formula is C14H20Si. The zero-order valence-electron chi connectivity index (χ0n) is 10.2. The minimum absolute atomic E-state index is 0.990. The van der Waals surface area contributed by atoms with Gasteiger partial charge in [-0.2, -0.15) is 0 Å². The van der Waals surface area contributed by atoms with Crippen molar-refractivity contribution >= 4 is 13.6 Å². The Morgan fingerprint density at radius 1 is 1.13 bits per heavy atom. The van der Waals surface area contributed by atoms with Crippen LogP contribution < -0.4 is 0 Å². The lowest BCUT2D eigenvalue weighted by Crippen LogP contribution is -2.19. The van der Waals surface area contributed by atoms with Gasteiger partial charge < -0.3 is 0 Å². The second-order valence-electron chi connectivity index (χ2n) is 5.83. The minimum Gasteiger partial charge on any atom is -0.0693 e. The van der Waals surface area contributed by atoms with E-state index in [1.807, 2.05) is 0 Å². The van der Waals surface area contributed by atoms with E-state index in [1.165, 1.54) is 23.6 Å². The van der Waals surface area contributed by atoms with E-state index in [-0.39, 0.29) is 0 Å². The number of fused-ring (bicyclic) bond motifs is 1. The Bertz CT molecular complexity index is 408. The molecule has 0 saturated carbocycles. The van der Waals surface area contributed by atoms with E-state index in [0.717, 1.165) is 0 Å². The predicted molar refractivity (Wildman–Crippen MR) is 70.9 cm³/mol. The molecule has 0 atom stereocenters. The maximum atomic E-state index is 2.45. The molecule has 0 unspecified atom stereocenters. The molecule has 15 heavy (non-hydrogen) atoms. The molecule has 0 aliphatic heterocycles. The summed E-state index contributed by atoms with van der Waals surface area (Å²) in [5.41, 5.74) is 6.30. The molecule has 80 valence electrons. The summed E-state index contributed by atoms with van der Waals surface area (Å²) in [6.45, 7) is 9.66. The molecule has 1 aromatic carbocycles. The molecule has 0 fully saturated rings. The number of hydrogen-bond donors (Lipinski definition) is 0. The molecule has 2 rings (SSSR count). The van der Waals surface area contributed by atoms with Crippen molar-refractivity contribution in [2.24, 2.45) is 0 Å². The molecule has 1 aliphatic carbocycles. The van der Waals surface area contributed by atoms with Crippen molar-refractivity contribution in [3.63, 3.8) is 0 Å². The highest BCUT2D eigenvalue weighted by atomic mass is 28.3. The third kappa shape index (κ3) is 2.23. The van der Waals surface area contributed by atoms with Gasteiger partial charge in [0.2, 0.25) is 0 Å². The van der Waals surface area contributed by atoms with E-state index < -0.39 is 8.07 Å². The highest BCUT2D eigenvalue weighted by Gasteiger charge is 2.23. The largest absolute Gasteiger partial charge is 0.0693 e. The van der Waals surface area contributed by atoms with Crippen LogP contribution in [0, 0.1) is 0 Å². The summed E-state index contributed by atoms with van der Waals surface area (Å²) in [7, 11) is -0.990. The van der Waals surface area contributed by atoms with Crippen LogP contribution in [0.5, 0.6) is 0 Å². The van der Waals surface area contributed by atoms with Crippen LogP contribution in [0.4, 0.5) is 0 Å². The molecule has 0 bridgehead atoms. The van der Waals surface area contributed by atoms with Crippen LogP contribution >= 0.6 is 0 Å². The first-order valence-corrected chi connectivity index (χ1v) is 9.45. The Morgan fingerprint density at radius 3 is 2.47 bits per heavy atom. The SMILES string of the molecule is CC1=C(C[Si](C)(C)C)c2ccccc2C1. The molecule has 0 aromatic heterocycles. The van der Waals surface area contributed by atoms with E-state index in [4.69, 9.17) is 0 Å². The van der Waals surface area contributed by atoms with Crippen LogP contribution in [0.2, 0.25) is 25.7 Å². The topological polar surface area (TPSA) is 0 Å². The second kappa shape index (κ2) is 3.64. The Kier molecular flexibility index (Phi) is 2.59. The van der Waals surface area contributed by atoms with Gasteiger partial charge in [0.05, 0.1) is 0 Å². The zero-order valence-corrected chi connectivity index (χ0v) is 11.2. The third-order valence-electron chi connectivity index (χ3n) is 3.02. The summed E-state index contributed by atoms with van der Waals surface area (Å²) < 4.78 is 0. The van der Waals surface area contributed by atoms with Crippen molar-refractivity contribution in [1.29, 1.82) is 0 Å². The molecule has 1 aromatic rings. The summed E-state index contributed by atoms with van der Waals surface area (Å²) in [5.74, 6) is 0. The van der Waals surface area contributed by atoms with Gasteiger partial charge in [-0.3, -0.25) is 0 Å². The average Bonchev–Trinajstić information content (AvgIpc) is 2.41. The quantitative estimate of drug-likeness (QED) is 0.645. The fraction of sp³-hybridized carbons (Fsp3) is 0.429. The molecule has 0 nitrogen and oxygen atoms in total. The van der Waals surface area contributed by atoms with Gasteiger partial charge in [0.1, 0.15) is 0 Å². The van der Waals surface area contributed by atoms with Gasteiger partial charge in [-0.15, -0.1) is 0 Å². The van der Waals surface area contributed by atoms with Crippen LogP contribution in [0.1, 0.15) is 18.1 Å². The first-order chi connectivity index (χ1) is 6.97. The number of hydrogen-bond acceptors (Lipinski definition) is 0. The lowest BCUT2D eigenvalue weighted by Gasteiger charge is -2.18. The van der Waals surface area contributed by atoms with E-state index in [2.05, 4.69) is 50.8 Å². The van der Waals surface area contributed by atoms with Crippen molar-refractivity contribution in [3.8, 4) is 0 Å². The Balaban J connectivity index is 2.36. The highest BCUT2D eigenvalue weighted by molar-refractivity contribution is 6.77. The van der Waals surface area contributed by atoms with Crippen molar-refractivity contribution in [1.82, 2.24) is 0 Å². The molecule has 0 heterocycles. The van der Waals surface area contributed by atoms with Crippen LogP contribution in [0.3, 0.4) is 0 Å². The van der Waals surface area contributed by atoms with E-state index in [1.54, 1.807) is 11.1 Å². The van der Waals surface area contributed by atoms with Crippen molar-refractivity contribution in [2.45, 2.75) is 39.0 Å². The lowest BCUT2D eigenvalue weighted by atomic mass is 10.1. The van der Waals surface area contributed by atoms with Crippen molar-refractivity contribution in [2.75, 3.05) is 0 Å². The normalized spacial score (nSPS) is 15.7. The first kappa shape index (κ1) is 10.7. The first-order valence-electron chi connectivity index (χ1n) is 5.74. The standard InChI is InChI=1S/C14H20Si/c1-11-9-12-7-5-6-8-13(12)14(11)10-15(2,3)4/h5-8H,9-10H2,1-4H3. The van der Waals surface area contributed by atoms with Gasteiger partial charge >= 0.3 is 0 Å². The monoisotopic (exact) mass is 216 g/mol. The molecular weight excluding hydrogens is 196 g/mol. The average molecular weight is 216 g/mol. The fourth-order valence-electron chi connectivity index (χ4n) is 2.37. The smallest absolute Gasteiger partial charge is 0.0487 e. The number of rotatable bonds is 2. The summed E-state index contributed by atoms with van der Waals surface area (Å²) >= 11 is 0. The molecule has 0 N–H and O–H groups in total. The van der Waals surface area contributed by atoms with Gasteiger partial charge in [0.25, 0.3) is 0 Å². The minimum atomic E-state index is -0.990. The molecule has 1 heteroatoms. The van der Waals surface area contributed by atoms with Crippen LogP contribution in [0.15, 0.2) is 29.8 Å². The van der Waals surface area contributed by atoms with Gasteiger partial charge in [-0.1, -0.05) is 49.5 Å². The second-order valence-corrected chi connectivity index (χ2v) is 11.3. The fourth-order valence-corrected chi connectivity index (χ4v) is 3.92. The van der Waals surface area contributed by atoms with Crippen LogP contribution in [-0.4, -0.2) is 8.07 Å². The van der Waals surface area contributed by atoms with Gasteiger partial charge in [-0.05, 0) is 36.1 Å². The highest BCUT2D eigenvalue weighted by Crippen LogP contribution is 2.37. The van der Waals surface area contributed by atoms with Crippen LogP contribution in [-0.2, 0) is 6.42 Å². The summed E-state index contributed by atoms with van der Waals surface area (Å²) in [6, 6.07) is 10.2. The summed E-state index contributed by atoms with van der Waals surface area (Å²) in [5, 5.41) is 0. The number of allylic oxidation sites excluding steroid dienone is 2. The van der Waals surface area contributed by atoms with E-state index in [0.29, 0.717) is 0 Å². The molecule has 1 aliphatic rings.